The van der Waals surface area contributed by atoms with Crippen molar-refractivity contribution in [1.82, 2.24) is 0 Å². The number of rotatable bonds is 2. The fraction of sp³-hybridized carbons (Fsp3) is 1.00. The summed E-state index contributed by atoms with van der Waals surface area (Å²) in [6.07, 6.45) is 3.01. The van der Waals surface area contributed by atoms with Gasteiger partial charge in [-0.1, -0.05) is 0 Å². The summed E-state index contributed by atoms with van der Waals surface area (Å²) in [7, 11) is 0. The summed E-state index contributed by atoms with van der Waals surface area (Å²) in [5.74, 6) is 1.07. The molecule has 1 fully saturated rings. The van der Waals surface area contributed by atoms with Crippen LogP contribution in [0.15, 0.2) is 0 Å². The Bertz CT molecular complexity index is 74.9. The van der Waals surface area contributed by atoms with Gasteiger partial charge in [0, 0.05) is 0 Å². The van der Waals surface area contributed by atoms with E-state index >= 15 is 0 Å². The van der Waals surface area contributed by atoms with E-state index in [1.54, 1.807) is 5.32 Å². The van der Waals surface area contributed by atoms with Crippen molar-refractivity contribution in [2.45, 2.75) is 33.6 Å². The van der Waals surface area contributed by atoms with Crippen LogP contribution in [0.4, 0.5) is 0 Å². The van der Waals surface area contributed by atoms with Crippen molar-refractivity contribution >= 4 is 47.0 Å². The average Bonchev–Trinajstić information content (AvgIpc) is 2.05. The summed E-state index contributed by atoms with van der Waals surface area (Å²) in [6, 6.07) is 0. The maximum atomic E-state index is 2.75. The van der Waals surface area contributed by atoms with Gasteiger partial charge in [0.05, 0.1) is 0 Å². The Morgan fingerprint density at radius 1 is 1.20 bits per heavy atom. The van der Waals surface area contributed by atoms with Crippen molar-refractivity contribution in [3.63, 3.8) is 0 Å². The van der Waals surface area contributed by atoms with Gasteiger partial charge >= 0.3 is 86.5 Å². The topological polar surface area (TPSA) is 0 Å². The minimum absolute atomic E-state index is 0.968. The maximum absolute atomic E-state index is 2.75. The third-order valence-electron chi connectivity index (χ3n) is 1.93. The molecular weight excluding hydrogens is 321 g/mol. The minimum atomic E-state index is 0.968. The molecule has 0 bridgehead atoms. The molecule has 0 aliphatic carbocycles. The van der Waals surface area contributed by atoms with Gasteiger partial charge in [-0.2, -0.15) is 0 Å². The normalized spacial score (nSPS) is 34.2. The number of hydrogen-bond donors (Lipinski definition) is 0. The average molecular weight is 335 g/mol. The van der Waals surface area contributed by atoms with Crippen molar-refractivity contribution in [2.75, 3.05) is 0 Å². The van der Waals surface area contributed by atoms with Crippen LogP contribution in [0.5, 0.6) is 0 Å². The van der Waals surface area contributed by atoms with Gasteiger partial charge in [0.25, 0.3) is 0 Å². The first-order valence-electron chi connectivity index (χ1n) is 3.70. The van der Waals surface area contributed by atoms with Crippen LogP contribution in [0.1, 0.15) is 12.8 Å². The van der Waals surface area contributed by atoms with Crippen LogP contribution >= 0.6 is 0 Å². The molecule has 0 aromatic carbocycles. The first-order valence-corrected chi connectivity index (χ1v) is 8.55. The molecule has 0 spiro atoms. The summed E-state index contributed by atoms with van der Waals surface area (Å²) < 4.78 is 0. The molecule has 2 atom stereocenters. The van der Waals surface area contributed by atoms with E-state index in [1.807, 2.05) is 0 Å². The second-order valence-corrected chi connectivity index (χ2v) is 7.09. The predicted molar refractivity (Wildman–Crippen MR) is 50.9 cm³/mol. The zero-order valence-corrected chi connectivity index (χ0v) is 11.5. The van der Waals surface area contributed by atoms with E-state index in [1.165, 1.54) is 23.5 Å². The predicted octanol–water partition coefficient (Wildman–Crippen LogP) is 0.946. The van der Waals surface area contributed by atoms with Gasteiger partial charge in [-0.25, -0.2) is 0 Å². The standard InChI is InChI=1S/C7H14Se3/c8-3-6-1-2-7(4-9)10-5-6/h6-9H,1-5H2. The second kappa shape index (κ2) is 5.25. The van der Waals surface area contributed by atoms with Crippen LogP contribution in [0.3, 0.4) is 0 Å². The van der Waals surface area contributed by atoms with E-state index in [9.17, 15) is 0 Å². The molecule has 10 heavy (non-hydrogen) atoms. The van der Waals surface area contributed by atoms with E-state index in [4.69, 9.17) is 0 Å². The molecule has 0 N–H and O–H groups in total. The Labute approximate surface area is 86.1 Å². The van der Waals surface area contributed by atoms with Gasteiger partial charge in [-0.15, -0.1) is 0 Å². The van der Waals surface area contributed by atoms with E-state index in [0.717, 1.165) is 25.7 Å². The monoisotopic (exact) mass is 338 g/mol. The second-order valence-electron chi connectivity index (χ2n) is 2.76. The third kappa shape index (κ3) is 2.89. The van der Waals surface area contributed by atoms with Gasteiger partial charge in [-0.05, 0) is 0 Å². The molecule has 0 aromatic rings. The molecule has 1 aliphatic heterocycles. The summed E-state index contributed by atoms with van der Waals surface area (Å²) in [6.45, 7) is 0. The molecule has 0 radical (unpaired) electrons. The molecule has 1 aliphatic rings. The molecule has 0 amide bonds. The van der Waals surface area contributed by atoms with Crippen LogP contribution < -0.4 is 0 Å². The van der Waals surface area contributed by atoms with Gasteiger partial charge in [0.2, 0.25) is 0 Å². The Morgan fingerprint density at radius 3 is 2.40 bits per heavy atom. The summed E-state index contributed by atoms with van der Waals surface area (Å²) in [4.78, 5) is 1.10. The quantitative estimate of drug-likeness (QED) is 0.659. The van der Waals surface area contributed by atoms with E-state index in [2.05, 4.69) is 32.0 Å². The fourth-order valence-corrected chi connectivity index (χ4v) is 6.78. The van der Waals surface area contributed by atoms with Crippen LogP contribution in [0, 0.1) is 5.92 Å². The first kappa shape index (κ1) is 9.64. The first-order chi connectivity index (χ1) is 4.86. The van der Waals surface area contributed by atoms with Gasteiger partial charge in [-0.3, -0.25) is 0 Å². The SMILES string of the molecule is [SeH]CC1CCC(C[SeH])[Se]C1. The Hall–Kier alpha value is 1.56. The van der Waals surface area contributed by atoms with Crippen molar-refractivity contribution in [1.29, 1.82) is 0 Å². The third-order valence-corrected chi connectivity index (χ3v) is 8.37. The molecule has 1 saturated heterocycles. The van der Waals surface area contributed by atoms with Crippen molar-refractivity contribution < 1.29 is 0 Å². The fourth-order valence-electron chi connectivity index (χ4n) is 1.15. The molecule has 0 saturated carbocycles. The molecule has 1 rings (SSSR count). The number of hydrogen-bond acceptors (Lipinski definition) is 0. The molecule has 0 aromatic heterocycles. The Kier molecular flexibility index (Phi) is 5.06. The summed E-state index contributed by atoms with van der Waals surface area (Å²) in [5, 5.41) is 4.28. The van der Waals surface area contributed by atoms with Crippen LogP contribution in [0.25, 0.3) is 0 Å². The van der Waals surface area contributed by atoms with E-state index in [-0.39, 0.29) is 0 Å². The van der Waals surface area contributed by atoms with Crippen LogP contribution in [-0.2, 0) is 0 Å². The van der Waals surface area contributed by atoms with Crippen molar-refractivity contribution in [3.8, 4) is 0 Å². The van der Waals surface area contributed by atoms with Gasteiger partial charge in [0.15, 0.2) is 0 Å². The van der Waals surface area contributed by atoms with E-state index in [0.29, 0.717) is 0 Å². The zero-order valence-electron chi connectivity index (χ0n) is 5.99. The van der Waals surface area contributed by atoms with Crippen molar-refractivity contribution in [2.24, 2.45) is 5.92 Å². The zero-order chi connectivity index (χ0) is 7.40. The molecule has 1 heterocycles. The Balaban J connectivity index is 2.17. The molecule has 60 valence electrons. The summed E-state index contributed by atoms with van der Waals surface area (Å²) >= 11 is 6.46. The molecule has 3 heteroatoms. The van der Waals surface area contributed by atoms with Gasteiger partial charge in [0.1, 0.15) is 0 Å². The van der Waals surface area contributed by atoms with Crippen LogP contribution in [0.2, 0.25) is 20.8 Å². The summed E-state index contributed by atoms with van der Waals surface area (Å²) in [5.41, 5.74) is 0. The van der Waals surface area contributed by atoms with Gasteiger partial charge < -0.3 is 0 Å². The van der Waals surface area contributed by atoms with E-state index < -0.39 is 0 Å². The van der Waals surface area contributed by atoms with Crippen LogP contribution in [-0.4, -0.2) is 47.0 Å². The molecule has 2 unspecified atom stereocenters. The van der Waals surface area contributed by atoms with Crippen molar-refractivity contribution in [3.05, 3.63) is 0 Å². The molecule has 0 nitrogen and oxygen atoms in total. The molecular formula is C7H14Se3. The Morgan fingerprint density at radius 2 is 2.00 bits per heavy atom.